The number of aromatic nitrogens is 1. The molecule has 2 heterocycles. The second-order valence-electron chi connectivity index (χ2n) is 9.76. The Morgan fingerprint density at radius 1 is 1.11 bits per heavy atom. The van der Waals surface area contributed by atoms with Gasteiger partial charge in [-0.2, -0.15) is 0 Å². The third-order valence-corrected chi connectivity index (χ3v) is 7.59. The summed E-state index contributed by atoms with van der Waals surface area (Å²) in [5.41, 5.74) is 2.71. The molecule has 2 N–H and O–H groups in total. The Morgan fingerprint density at radius 3 is 2.61 bits per heavy atom. The van der Waals surface area contributed by atoms with Crippen molar-refractivity contribution in [1.82, 2.24) is 10.3 Å². The number of benzene rings is 3. The van der Waals surface area contributed by atoms with Gasteiger partial charge >= 0.3 is 5.97 Å². The maximum atomic E-state index is 11.5. The first-order valence-corrected chi connectivity index (χ1v) is 12.8. The Morgan fingerprint density at radius 2 is 1.84 bits per heavy atom. The number of pyridine rings is 1. The number of rotatable bonds is 8. The minimum Gasteiger partial charge on any atom is -0.496 e. The SMILES string of the molecule is COc1cc(N2CCC(CN[C@H](C)c3cccc4ccccc34)C(c3ccccc3)C2)ncc1C(=O)O.Cl. The number of nitrogens with one attached hydrogen (secondary N) is 1. The molecule has 0 saturated carbocycles. The number of piperidine rings is 1. The zero-order valence-corrected chi connectivity index (χ0v) is 22.5. The summed E-state index contributed by atoms with van der Waals surface area (Å²) in [6.07, 6.45) is 2.40. The van der Waals surface area contributed by atoms with Gasteiger partial charge in [0.05, 0.1) is 7.11 Å². The summed E-state index contributed by atoms with van der Waals surface area (Å²) in [5, 5.41) is 15.8. The van der Waals surface area contributed by atoms with Crippen LogP contribution in [-0.4, -0.2) is 42.8 Å². The van der Waals surface area contributed by atoms with E-state index in [9.17, 15) is 9.90 Å². The normalized spacial score (nSPS) is 18.0. The highest BCUT2D eigenvalue weighted by molar-refractivity contribution is 5.91. The summed E-state index contributed by atoms with van der Waals surface area (Å²) < 4.78 is 5.35. The number of halogens is 1. The fourth-order valence-corrected chi connectivity index (χ4v) is 5.53. The highest BCUT2D eigenvalue weighted by Crippen LogP contribution is 2.36. The molecule has 7 heteroatoms. The molecule has 0 radical (unpaired) electrons. The largest absolute Gasteiger partial charge is 0.496 e. The van der Waals surface area contributed by atoms with Crippen LogP contribution in [0, 0.1) is 5.92 Å². The van der Waals surface area contributed by atoms with Gasteiger partial charge in [0.2, 0.25) is 0 Å². The second kappa shape index (κ2) is 12.3. The van der Waals surface area contributed by atoms with Gasteiger partial charge < -0.3 is 20.1 Å². The molecule has 5 rings (SSSR count). The molecule has 0 aliphatic carbocycles. The third kappa shape index (κ3) is 5.77. The number of carbonyl (C=O) groups is 1. The minimum atomic E-state index is -1.04. The molecule has 0 bridgehead atoms. The van der Waals surface area contributed by atoms with Gasteiger partial charge in [0.25, 0.3) is 0 Å². The first kappa shape index (κ1) is 27.4. The van der Waals surface area contributed by atoms with Crippen molar-refractivity contribution in [1.29, 1.82) is 0 Å². The lowest BCUT2D eigenvalue weighted by atomic mass is 9.80. The Labute approximate surface area is 230 Å². The number of ether oxygens (including phenoxy) is 1. The van der Waals surface area contributed by atoms with Crippen LogP contribution in [0.5, 0.6) is 5.75 Å². The number of fused-ring (bicyclic) bond motifs is 1. The van der Waals surface area contributed by atoms with E-state index in [1.807, 2.05) is 0 Å². The zero-order chi connectivity index (χ0) is 25.8. The van der Waals surface area contributed by atoms with Gasteiger partial charge in [-0.05, 0) is 47.7 Å². The molecule has 1 aliphatic heterocycles. The molecule has 38 heavy (non-hydrogen) atoms. The Balaban J connectivity index is 0.00000336. The van der Waals surface area contributed by atoms with Crippen molar-refractivity contribution in [3.05, 3.63) is 102 Å². The van der Waals surface area contributed by atoms with Crippen molar-refractivity contribution >= 4 is 35.0 Å². The summed E-state index contributed by atoms with van der Waals surface area (Å²) in [6, 6.07) is 27.7. The number of carboxylic acids is 1. The summed E-state index contributed by atoms with van der Waals surface area (Å²) in [7, 11) is 1.49. The zero-order valence-electron chi connectivity index (χ0n) is 21.7. The van der Waals surface area contributed by atoms with Gasteiger partial charge in [0, 0.05) is 37.3 Å². The van der Waals surface area contributed by atoms with Crippen LogP contribution in [-0.2, 0) is 0 Å². The lowest BCUT2D eigenvalue weighted by molar-refractivity contribution is 0.0693. The lowest BCUT2D eigenvalue weighted by Crippen LogP contribution is -2.43. The summed E-state index contributed by atoms with van der Waals surface area (Å²) in [5.74, 6) is 0.813. The molecule has 6 nitrogen and oxygen atoms in total. The number of carboxylic acid groups (broad SMARTS) is 1. The fourth-order valence-electron chi connectivity index (χ4n) is 5.53. The van der Waals surface area contributed by atoms with E-state index in [-0.39, 0.29) is 24.0 Å². The fraction of sp³-hybridized carbons (Fsp3) is 0.290. The quantitative estimate of drug-likeness (QED) is 0.277. The molecule has 1 aliphatic rings. The molecule has 4 aromatic rings. The van der Waals surface area contributed by atoms with Gasteiger partial charge in [-0.25, -0.2) is 9.78 Å². The van der Waals surface area contributed by atoms with E-state index in [0.717, 1.165) is 31.9 Å². The Hall–Kier alpha value is -3.61. The Kier molecular flexibility index (Phi) is 8.87. The molecule has 1 fully saturated rings. The van der Waals surface area contributed by atoms with Gasteiger partial charge in [0.1, 0.15) is 17.1 Å². The topological polar surface area (TPSA) is 74.7 Å². The van der Waals surface area contributed by atoms with E-state index < -0.39 is 5.97 Å². The van der Waals surface area contributed by atoms with Crippen molar-refractivity contribution in [2.75, 3.05) is 31.6 Å². The van der Waals surface area contributed by atoms with Crippen molar-refractivity contribution in [3.63, 3.8) is 0 Å². The predicted molar refractivity (Wildman–Crippen MR) is 155 cm³/mol. The average molecular weight is 532 g/mol. The first-order chi connectivity index (χ1) is 18.0. The van der Waals surface area contributed by atoms with Crippen molar-refractivity contribution in [3.8, 4) is 5.75 Å². The molecule has 1 aromatic heterocycles. The Bertz CT molecular complexity index is 1380. The van der Waals surface area contributed by atoms with E-state index in [0.29, 0.717) is 17.6 Å². The van der Waals surface area contributed by atoms with Crippen molar-refractivity contribution < 1.29 is 14.6 Å². The number of hydrogen-bond acceptors (Lipinski definition) is 5. The lowest BCUT2D eigenvalue weighted by Gasteiger charge is -2.40. The highest BCUT2D eigenvalue weighted by atomic mass is 35.5. The van der Waals surface area contributed by atoms with E-state index >= 15 is 0 Å². The van der Waals surface area contributed by atoms with Gasteiger partial charge in [-0.15, -0.1) is 12.4 Å². The van der Waals surface area contributed by atoms with Crippen LogP contribution in [0.25, 0.3) is 10.8 Å². The summed E-state index contributed by atoms with van der Waals surface area (Å²) in [4.78, 5) is 18.2. The summed E-state index contributed by atoms with van der Waals surface area (Å²) >= 11 is 0. The first-order valence-electron chi connectivity index (χ1n) is 12.8. The van der Waals surface area contributed by atoms with Gasteiger partial charge in [-0.3, -0.25) is 0 Å². The molecule has 1 saturated heterocycles. The van der Waals surface area contributed by atoms with Crippen LogP contribution in [0.3, 0.4) is 0 Å². The molecular formula is C31H34ClN3O3. The summed E-state index contributed by atoms with van der Waals surface area (Å²) in [6.45, 7) is 4.81. The number of hydrogen-bond donors (Lipinski definition) is 2. The minimum absolute atomic E-state index is 0. The van der Waals surface area contributed by atoms with E-state index in [1.54, 1.807) is 6.07 Å². The number of nitrogens with zero attached hydrogens (tertiary/aromatic N) is 2. The molecule has 0 spiro atoms. The van der Waals surface area contributed by atoms with Crippen LogP contribution in [0.1, 0.15) is 46.8 Å². The van der Waals surface area contributed by atoms with Crippen LogP contribution in [0.2, 0.25) is 0 Å². The standard InChI is InChI=1S/C31H33N3O3.ClH/c1-21(25-14-8-12-22-11-6-7-13-26(22)25)32-18-24-15-16-34(20-28(24)23-9-4-3-5-10-23)30-17-29(37-2)27(19-33-30)31(35)36;/h3-14,17,19,21,24,28,32H,15-16,18,20H2,1-2H3,(H,35,36);1H/t21-,24?,28?;/m1./s1. The van der Waals surface area contributed by atoms with Crippen molar-refractivity contribution in [2.24, 2.45) is 5.92 Å². The predicted octanol–water partition coefficient (Wildman–Crippen LogP) is 6.32. The maximum Gasteiger partial charge on any atom is 0.341 e. The van der Waals surface area contributed by atoms with Crippen LogP contribution >= 0.6 is 12.4 Å². The van der Waals surface area contributed by atoms with Crippen LogP contribution in [0.15, 0.2) is 85.1 Å². The number of anilines is 1. The van der Waals surface area contributed by atoms with E-state index in [1.165, 1.54) is 35.2 Å². The third-order valence-electron chi connectivity index (χ3n) is 7.59. The van der Waals surface area contributed by atoms with Gasteiger partial charge in [-0.1, -0.05) is 72.8 Å². The smallest absolute Gasteiger partial charge is 0.341 e. The van der Waals surface area contributed by atoms with Crippen LogP contribution in [0.4, 0.5) is 5.82 Å². The average Bonchev–Trinajstić information content (AvgIpc) is 2.95. The van der Waals surface area contributed by atoms with Crippen molar-refractivity contribution in [2.45, 2.75) is 25.3 Å². The van der Waals surface area contributed by atoms with Gasteiger partial charge in [0.15, 0.2) is 0 Å². The molecule has 2 unspecified atom stereocenters. The molecule has 3 atom stereocenters. The van der Waals surface area contributed by atoms with E-state index in [4.69, 9.17) is 4.74 Å². The molecule has 198 valence electrons. The highest BCUT2D eigenvalue weighted by Gasteiger charge is 2.32. The van der Waals surface area contributed by atoms with E-state index in [2.05, 4.69) is 94.9 Å². The molecule has 3 aromatic carbocycles. The maximum absolute atomic E-state index is 11.5. The second-order valence-corrected chi connectivity index (χ2v) is 9.76. The molecule has 0 amide bonds. The van der Waals surface area contributed by atoms with Crippen LogP contribution < -0.4 is 15.0 Å². The number of aromatic carboxylic acids is 1. The monoisotopic (exact) mass is 531 g/mol. The molecular weight excluding hydrogens is 498 g/mol. The number of methoxy groups -OCH3 is 1.